The van der Waals surface area contributed by atoms with Crippen molar-refractivity contribution in [1.29, 1.82) is 0 Å². The van der Waals surface area contributed by atoms with E-state index >= 15 is 0 Å². The third kappa shape index (κ3) is 1.70. The van der Waals surface area contributed by atoms with Crippen LogP contribution in [-0.2, 0) is 6.54 Å². The molecule has 0 saturated heterocycles. The predicted molar refractivity (Wildman–Crippen MR) is 66.0 cm³/mol. The summed E-state index contributed by atoms with van der Waals surface area (Å²) in [7, 11) is 0. The van der Waals surface area contributed by atoms with E-state index < -0.39 is 0 Å². The molecule has 0 aliphatic carbocycles. The quantitative estimate of drug-likeness (QED) is 0.698. The first kappa shape index (κ1) is 9.81. The molecule has 0 radical (unpaired) electrons. The van der Waals surface area contributed by atoms with Crippen molar-refractivity contribution in [1.82, 2.24) is 14.5 Å². The Hall–Kier alpha value is -1.39. The summed E-state index contributed by atoms with van der Waals surface area (Å²) in [5.41, 5.74) is 0.993. The van der Waals surface area contributed by atoms with Crippen LogP contribution in [0.4, 0.5) is 0 Å². The van der Waals surface area contributed by atoms with Gasteiger partial charge in [0.1, 0.15) is 5.65 Å². The third-order valence-corrected chi connectivity index (χ3v) is 3.47. The van der Waals surface area contributed by atoms with Crippen LogP contribution in [0.15, 0.2) is 36.8 Å². The highest BCUT2D eigenvalue weighted by molar-refractivity contribution is 7.15. The van der Waals surface area contributed by atoms with Crippen molar-refractivity contribution < 1.29 is 0 Å². The maximum atomic E-state index is 5.80. The molecular weight excluding hydrogens is 242 g/mol. The van der Waals surface area contributed by atoms with Crippen molar-refractivity contribution in [2.45, 2.75) is 6.54 Å². The average molecular weight is 250 g/mol. The predicted octanol–water partition coefficient (Wildman–Crippen LogP) is 3.19. The molecule has 0 atom stereocenters. The number of rotatable bonds is 2. The largest absolute Gasteiger partial charge is 0.327 e. The van der Waals surface area contributed by atoms with Crippen molar-refractivity contribution >= 4 is 34.0 Å². The van der Waals surface area contributed by atoms with Gasteiger partial charge in [-0.1, -0.05) is 11.6 Å². The van der Waals surface area contributed by atoms with Crippen LogP contribution in [0.3, 0.4) is 0 Å². The molecule has 0 saturated carbocycles. The van der Waals surface area contributed by atoms with Gasteiger partial charge in [-0.05, 0) is 18.2 Å². The Kier molecular flexibility index (Phi) is 2.38. The number of pyridine rings is 1. The summed E-state index contributed by atoms with van der Waals surface area (Å²) in [6, 6.07) is 6.06. The zero-order chi connectivity index (χ0) is 11.0. The zero-order valence-corrected chi connectivity index (χ0v) is 9.87. The molecule has 0 amide bonds. The van der Waals surface area contributed by atoms with Gasteiger partial charge in [0.05, 0.1) is 6.54 Å². The van der Waals surface area contributed by atoms with E-state index in [1.165, 1.54) is 11.3 Å². The monoisotopic (exact) mass is 249 g/mol. The summed E-state index contributed by atoms with van der Waals surface area (Å²) in [5.74, 6) is 0. The van der Waals surface area contributed by atoms with Gasteiger partial charge in [0, 0.05) is 28.9 Å². The van der Waals surface area contributed by atoms with Crippen LogP contribution in [0, 0.1) is 0 Å². The van der Waals surface area contributed by atoms with E-state index in [0.29, 0.717) is 4.47 Å². The zero-order valence-electron chi connectivity index (χ0n) is 8.30. The summed E-state index contributed by atoms with van der Waals surface area (Å²) in [5, 5.41) is 1.15. The molecule has 3 aromatic rings. The molecule has 16 heavy (non-hydrogen) atoms. The molecule has 0 fully saturated rings. The highest BCUT2D eigenvalue weighted by Crippen LogP contribution is 2.20. The highest BCUT2D eigenvalue weighted by Gasteiger charge is 2.04. The lowest BCUT2D eigenvalue weighted by Crippen LogP contribution is -1.96. The Balaban J connectivity index is 2.00. The van der Waals surface area contributed by atoms with Gasteiger partial charge in [0.25, 0.3) is 0 Å². The summed E-state index contributed by atoms with van der Waals surface area (Å²) >= 11 is 7.30. The van der Waals surface area contributed by atoms with Crippen molar-refractivity contribution in [3.05, 3.63) is 46.1 Å². The summed E-state index contributed by atoms with van der Waals surface area (Å²) in [4.78, 5) is 9.52. The SMILES string of the molecule is Clc1ncc(Cn2ccc3cccnc32)s1. The molecule has 0 aromatic carbocycles. The van der Waals surface area contributed by atoms with Gasteiger partial charge in [-0.15, -0.1) is 11.3 Å². The molecule has 3 rings (SSSR count). The lowest BCUT2D eigenvalue weighted by atomic mass is 10.3. The Morgan fingerprint density at radius 3 is 3.06 bits per heavy atom. The van der Waals surface area contributed by atoms with Crippen LogP contribution in [0.2, 0.25) is 4.47 Å². The van der Waals surface area contributed by atoms with Crippen LogP contribution in [0.1, 0.15) is 4.88 Å². The Morgan fingerprint density at radius 2 is 2.25 bits per heavy atom. The van der Waals surface area contributed by atoms with E-state index in [-0.39, 0.29) is 0 Å². The Labute approximate surface area is 101 Å². The fourth-order valence-electron chi connectivity index (χ4n) is 1.67. The van der Waals surface area contributed by atoms with Crippen molar-refractivity contribution in [2.75, 3.05) is 0 Å². The molecule has 3 aromatic heterocycles. The van der Waals surface area contributed by atoms with Gasteiger partial charge < -0.3 is 4.57 Å². The first-order valence-corrected chi connectivity index (χ1v) is 6.02. The second kappa shape index (κ2) is 3.88. The molecule has 0 aliphatic heterocycles. The number of thiazole rings is 1. The van der Waals surface area contributed by atoms with Crippen molar-refractivity contribution in [2.24, 2.45) is 0 Å². The number of nitrogens with zero attached hydrogens (tertiary/aromatic N) is 3. The lowest BCUT2D eigenvalue weighted by molar-refractivity contribution is 0.837. The average Bonchev–Trinajstić information content (AvgIpc) is 2.87. The number of halogens is 1. The van der Waals surface area contributed by atoms with Gasteiger partial charge in [0.15, 0.2) is 4.47 Å². The highest BCUT2D eigenvalue weighted by atomic mass is 35.5. The van der Waals surface area contributed by atoms with Gasteiger partial charge in [0.2, 0.25) is 0 Å². The smallest absolute Gasteiger partial charge is 0.183 e. The van der Waals surface area contributed by atoms with E-state index in [1.807, 2.05) is 18.5 Å². The standard InChI is InChI=1S/C11H8ClN3S/c12-11-14-6-9(16-11)7-15-5-3-8-2-1-4-13-10(8)15/h1-6H,7H2. The molecule has 3 nitrogen and oxygen atoms in total. The lowest BCUT2D eigenvalue weighted by Gasteiger charge is -2.00. The van der Waals surface area contributed by atoms with E-state index in [9.17, 15) is 0 Å². The van der Waals surface area contributed by atoms with Crippen LogP contribution in [-0.4, -0.2) is 14.5 Å². The van der Waals surface area contributed by atoms with E-state index in [2.05, 4.69) is 26.7 Å². The molecule has 0 bridgehead atoms. The second-order valence-corrected chi connectivity index (χ2v) is 5.14. The minimum atomic E-state index is 0.583. The Bertz CT molecular complexity index is 629. The minimum Gasteiger partial charge on any atom is -0.327 e. The maximum Gasteiger partial charge on any atom is 0.183 e. The number of aromatic nitrogens is 3. The third-order valence-electron chi connectivity index (χ3n) is 2.37. The topological polar surface area (TPSA) is 30.7 Å². The van der Waals surface area contributed by atoms with Gasteiger partial charge in [-0.3, -0.25) is 0 Å². The second-order valence-electron chi connectivity index (χ2n) is 3.44. The summed E-state index contributed by atoms with van der Waals surface area (Å²) < 4.78 is 2.68. The molecule has 3 heterocycles. The van der Waals surface area contributed by atoms with Crippen molar-refractivity contribution in [3.63, 3.8) is 0 Å². The van der Waals surface area contributed by atoms with Crippen LogP contribution in [0.5, 0.6) is 0 Å². The normalized spacial score (nSPS) is 11.1. The van der Waals surface area contributed by atoms with Crippen molar-refractivity contribution in [3.8, 4) is 0 Å². The summed E-state index contributed by atoms with van der Waals surface area (Å²) in [6.45, 7) is 0.769. The van der Waals surface area contributed by atoms with Gasteiger partial charge >= 0.3 is 0 Å². The first-order chi connectivity index (χ1) is 7.83. The van der Waals surface area contributed by atoms with E-state index in [1.54, 1.807) is 6.20 Å². The minimum absolute atomic E-state index is 0.583. The number of fused-ring (bicyclic) bond motifs is 1. The van der Waals surface area contributed by atoms with E-state index in [0.717, 1.165) is 22.5 Å². The van der Waals surface area contributed by atoms with Gasteiger partial charge in [-0.25, -0.2) is 9.97 Å². The van der Waals surface area contributed by atoms with Crippen LogP contribution >= 0.6 is 22.9 Å². The molecule has 0 spiro atoms. The Morgan fingerprint density at radius 1 is 1.31 bits per heavy atom. The molecule has 0 N–H and O–H groups in total. The molecule has 0 aliphatic rings. The first-order valence-electron chi connectivity index (χ1n) is 4.83. The molecule has 0 unspecified atom stereocenters. The fraction of sp³-hybridized carbons (Fsp3) is 0.0909. The van der Waals surface area contributed by atoms with E-state index in [4.69, 9.17) is 11.6 Å². The maximum absolute atomic E-state index is 5.80. The van der Waals surface area contributed by atoms with Crippen LogP contribution in [0.25, 0.3) is 11.0 Å². The molecule has 80 valence electrons. The van der Waals surface area contributed by atoms with Gasteiger partial charge in [-0.2, -0.15) is 0 Å². The number of hydrogen-bond donors (Lipinski definition) is 0. The van der Waals surface area contributed by atoms with Crippen LogP contribution < -0.4 is 0 Å². The fourth-order valence-corrected chi connectivity index (χ4v) is 2.65. The number of hydrogen-bond acceptors (Lipinski definition) is 3. The summed E-state index contributed by atoms with van der Waals surface area (Å²) in [6.07, 6.45) is 5.64. The molecule has 5 heteroatoms. The molecular formula is C11H8ClN3S.